The van der Waals surface area contributed by atoms with Gasteiger partial charge in [0.05, 0.1) is 45.4 Å². The summed E-state index contributed by atoms with van der Waals surface area (Å²) < 4.78 is 25.8. The number of likely N-dealkylation sites (N-methyl/N-ethyl adjacent to an activating group) is 1. The maximum Gasteiger partial charge on any atom is 0.335 e. The van der Waals surface area contributed by atoms with Gasteiger partial charge in [0, 0.05) is 34.7 Å². The lowest BCUT2D eigenvalue weighted by Crippen LogP contribution is -2.38. The van der Waals surface area contributed by atoms with Gasteiger partial charge in [0.15, 0.2) is 11.7 Å². The highest BCUT2D eigenvalue weighted by atomic mass is 32.1. The number of fused-ring (bicyclic) bond motifs is 1. The van der Waals surface area contributed by atoms with Gasteiger partial charge in [-0.1, -0.05) is 0 Å². The first kappa shape index (κ1) is 32.6. The smallest absolute Gasteiger partial charge is 0.335 e. The summed E-state index contributed by atoms with van der Waals surface area (Å²) in [5, 5.41) is 12.0. The molecule has 2 heterocycles. The monoisotopic (exact) mass is 635 g/mol. The summed E-state index contributed by atoms with van der Waals surface area (Å²) in [6.45, 7) is 4.46. The van der Waals surface area contributed by atoms with E-state index in [4.69, 9.17) is 28.8 Å². The summed E-state index contributed by atoms with van der Waals surface area (Å²) in [6, 6.07) is 15.1. The maximum absolute atomic E-state index is 12.8. The molecule has 0 unspecified atom stereocenters. The number of carbonyl (C=O) groups is 3. The van der Waals surface area contributed by atoms with Gasteiger partial charge >= 0.3 is 5.97 Å². The van der Waals surface area contributed by atoms with Crippen molar-refractivity contribution in [3.63, 3.8) is 0 Å². The third kappa shape index (κ3) is 7.62. The second kappa shape index (κ2) is 14.4. The number of hydrogen-bond acceptors (Lipinski definition) is 10. The minimum atomic E-state index is -1.00. The number of carbonyl (C=O) groups excluding carboxylic acids is 2. The molecule has 12 nitrogen and oxygen atoms in total. The third-order valence-corrected chi connectivity index (χ3v) is 7.61. The Kier molecular flexibility index (Phi) is 10.5. The van der Waals surface area contributed by atoms with Crippen molar-refractivity contribution in [2.24, 2.45) is 0 Å². The molecule has 4 aromatic rings. The number of methoxy groups -OCH3 is 4. The standard InChI is InChI=1S/C23H23N3O5S.C9H10O4/c1-5-26-18-10-14(6-7-19(18)31-12-20(26)27)21-13(2)32-23(24-21)25-22(28)15-8-16(29-3)11-17(9-15)30-4;1-12-7-3-6(9(10)11)4-8(5-7)13-2/h6-11H,5,12H2,1-4H3,(H,24,25,28);3-5H,1-2H3,(H,10,11). The average molecular weight is 636 g/mol. The number of anilines is 2. The Morgan fingerprint density at radius 3 is 1.98 bits per heavy atom. The van der Waals surface area contributed by atoms with Crippen molar-refractivity contribution < 1.29 is 43.2 Å². The molecule has 5 rings (SSSR count). The number of aromatic carboxylic acids is 1. The minimum absolute atomic E-state index is 0.0428. The van der Waals surface area contributed by atoms with Crippen molar-refractivity contribution in [2.75, 3.05) is 51.8 Å². The number of thiazole rings is 1. The first-order chi connectivity index (χ1) is 21.6. The van der Waals surface area contributed by atoms with Gasteiger partial charge < -0.3 is 33.7 Å². The Balaban J connectivity index is 0.000000297. The van der Waals surface area contributed by atoms with Crippen molar-refractivity contribution >= 4 is 39.9 Å². The van der Waals surface area contributed by atoms with Crippen molar-refractivity contribution in [3.8, 4) is 40.0 Å². The first-order valence-corrected chi connectivity index (χ1v) is 14.5. The number of nitrogens with one attached hydrogen (secondary N) is 1. The number of carboxylic acid groups (broad SMARTS) is 1. The lowest BCUT2D eigenvalue weighted by molar-refractivity contribution is -0.121. The lowest BCUT2D eigenvalue weighted by Gasteiger charge is -2.28. The largest absolute Gasteiger partial charge is 0.497 e. The Labute approximate surface area is 264 Å². The zero-order valence-electron chi connectivity index (χ0n) is 25.6. The van der Waals surface area contributed by atoms with Crippen LogP contribution < -0.4 is 33.9 Å². The number of ether oxygens (including phenoxy) is 5. The summed E-state index contributed by atoms with van der Waals surface area (Å²) in [7, 11) is 6.01. The van der Waals surface area contributed by atoms with E-state index in [0.717, 1.165) is 21.8 Å². The van der Waals surface area contributed by atoms with Crippen LogP contribution in [-0.2, 0) is 4.79 Å². The maximum atomic E-state index is 12.8. The number of hydrogen-bond donors (Lipinski definition) is 2. The van der Waals surface area contributed by atoms with E-state index in [1.807, 2.05) is 32.0 Å². The highest BCUT2D eigenvalue weighted by Gasteiger charge is 2.25. The topological polar surface area (TPSA) is 146 Å². The van der Waals surface area contributed by atoms with Crippen LogP contribution in [0.5, 0.6) is 28.7 Å². The van der Waals surface area contributed by atoms with E-state index in [0.29, 0.717) is 46.0 Å². The van der Waals surface area contributed by atoms with Crippen LogP contribution in [-0.4, -0.2) is 69.5 Å². The quantitative estimate of drug-likeness (QED) is 0.241. The molecule has 1 aliphatic heterocycles. The molecule has 0 saturated heterocycles. The second-order valence-electron chi connectivity index (χ2n) is 9.49. The Morgan fingerprint density at radius 2 is 1.47 bits per heavy atom. The fourth-order valence-electron chi connectivity index (χ4n) is 4.45. The molecule has 1 aromatic heterocycles. The summed E-state index contributed by atoms with van der Waals surface area (Å²) >= 11 is 1.38. The SMILES string of the molecule is CCN1C(=O)COc2ccc(-c3nc(NC(=O)c4cc(OC)cc(OC)c4)sc3C)cc21.COc1cc(OC)cc(C(=O)O)c1. The predicted molar refractivity (Wildman–Crippen MR) is 170 cm³/mol. The molecule has 13 heteroatoms. The van der Waals surface area contributed by atoms with Crippen LogP contribution in [0.2, 0.25) is 0 Å². The zero-order valence-corrected chi connectivity index (χ0v) is 26.4. The van der Waals surface area contributed by atoms with Crippen LogP contribution in [0, 0.1) is 6.92 Å². The fourth-order valence-corrected chi connectivity index (χ4v) is 5.28. The van der Waals surface area contributed by atoms with Gasteiger partial charge in [-0.2, -0.15) is 0 Å². The van der Waals surface area contributed by atoms with Crippen molar-refractivity contribution in [1.82, 2.24) is 4.98 Å². The molecule has 1 aliphatic rings. The highest BCUT2D eigenvalue weighted by molar-refractivity contribution is 7.16. The Bertz CT molecular complexity index is 1680. The normalized spacial score (nSPS) is 11.8. The molecule has 3 aromatic carbocycles. The van der Waals surface area contributed by atoms with Crippen molar-refractivity contribution in [2.45, 2.75) is 13.8 Å². The first-order valence-electron chi connectivity index (χ1n) is 13.7. The molecule has 2 N–H and O–H groups in total. The van der Waals surface area contributed by atoms with E-state index in [2.05, 4.69) is 10.3 Å². The van der Waals surface area contributed by atoms with Gasteiger partial charge in [0.2, 0.25) is 0 Å². The molecule has 2 amide bonds. The van der Waals surface area contributed by atoms with Gasteiger partial charge in [0.25, 0.3) is 11.8 Å². The van der Waals surface area contributed by atoms with Gasteiger partial charge in [0.1, 0.15) is 28.7 Å². The van der Waals surface area contributed by atoms with Gasteiger partial charge in [-0.15, -0.1) is 11.3 Å². The highest BCUT2D eigenvalue weighted by Crippen LogP contribution is 2.38. The van der Waals surface area contributed by atoms with Crippen molar-refractivity contribution in [3.05, 3.63) is 70.6 Å². The Hall–Kier alpha value is -5.30. The van der Waals surface area contributed by atoms with Gasteiger partial charge in [-0.05, 0) is 56.3 Å². The second-order valence-corrected chi connectivity index (χ2v) is 10.7. The van der Waals surface area contributed by atoms with Crippen molar-refractivity contribution in [1.29, 1.82) is 0 Å². The molecule has 236 valence electrons. The number of amides is 2. The van der Waals surface area contributed by atoms with Crippen LogP contribution >= 0.6 is 11.3 Å². The summed E-state index contributed by atoms with van der Waals surface area (Å²) in [5.41, 5.74) is 2.86. The molecule has 45 heavy (non-hydrogen) atoms. The molecule has 0 bridgehead atoms. The molecule has 0 atom stereocenters. The number of carboxylic acids is 1. The fraction of sp³-hybridized carbons (Fsp3) is 0.250. The van der Waals surface area contributed by atoms with Crippen LogP contribution in [0.1, 0.15) is 32.5 Å². The molecular formula is C32H33N3O9S. The average Bonchev–Trinajstić information content (AvgIpc) is 3.43. The van der Waals surface area contributed by atoms with E-state index in [9.17, 15) is 14.4 Å². The number of nitrogens with zero attached hydrogens (tertiary/aromatic N) is 2. The minimum Gasteiger partial charge on any atom is -0.497 e. The van der Waals surface area contributed by atoms with Gasteiger partial charge in [-0.25, -0.2) is 9.78 Å². The molecule has 0 saturated carbocycles. The van der Waals surface area contributed by atoms with Gasteiger partial charge in [-0.3, -0.25) is 14.9 Å². The third-order valence-electron chi connectivity index (χ3n) is 6.72. The lowest BCUT2D eigenvalue weighted by atomic mass is 10.1. The van der Waals surface area contributed by atoms with Crippen LogP contribution in [0.3, 0.4) is 0 Å². The Morgan fingerprint density at radius 1 is 0.911 bits per heavy atom. The van der Waals surface area contributed by atoms with Crippen LogP contribution in [0.15, 0.2) is 54.6 Å². The molecule has 0 spiro atoms. The summed E-state index contributed by atoms with van der Waals surface area (Å²) in [4.78, 5) is 42.9. The number of rotatable bonds is 9. The molecule has 0 fully saturated rings. The summed E-state index contributed by atoms with van der Waals surface area (Å²) in [5.74, 6) is 1.26. The summed E-state index contributed by atoms with van der Waals surface area (Å²) in [6.07, 6.45) is 0. The molecule has 0 aliphatic carbocycles. The van der Waals surface area contributed by atoms with E-state index < -0.39 is 5.97 Å². The molecular weight excluding hydrogens is 602 g/mol. The number of aryl methyl sites for hydroxylation is 1. The number of benzene rings is 3. The van der Waals surface area contributed by atoms with E-state index in [1.165, 1.54) is 51.9 Å². The van der Waals surface area contributed by atoms with Crippen LogP contribution in [0.25, 0.3) is 11.3 Å². The predicted octanol–water partition coefficient (Wildman–Crippen LogP) is 5.54. The van der Waals surface area contributed by atoms with E-state index in [-0.39, 0.29) is 24.0 Å². The zero-order chi connectivity index (χ0) is 32.7. The number of aromatic nitrogens is 1. The van der Waals surface area contributed by atoms with Crippen LogP contribution in [0.4, 0.5) is 10.8 Å². The molecule has 0 radical (unpaired) electrons. The van der Waals surface area contributed by atoms with E-state index in [1.54, 1.807) is 29.2 Å². The van der Waals surface area contributed by atoms with E-state index >= 15 is 0 Å².